The molecule has 1 unspecified atom stereocenters. The Kier molecular flexibility index (Phi) is 3.97. The third-order valence-corrected chi connectivity index (χ3v) is 5.40. The lowest BCUT2D eigenvalue weighted by Gasteiger charge is -2.23. The van der Waals surface area contributed by atoms with Crippen LogP contribution in [0.2, 0.25) is 0 Å². The quantitative estimate of drug-likeness (QED) is 0.565. The highest BCUT2D eigenvalue weighted by atomic mass is 16.2. The fourth-order valence-electron chi connectivity index (χ4n) is 4.02. The van der Waals surface area contributed by atoms with E-state index in [0.29, 0.717) is 11.3 Å². The molecule has 0 spiro atoms. The topological polar surface area (TPSA) is 77.7 Å². The van der Waals surface area contributed by atoms with Crippen LogP contribution in [0.1, 0.15) is 40.6 Å². The molecule has 0 bridgehead atoms. The van der Waals surface area contributed by atoms with E-state index in [0.717, 1.165) is 41.8 Å². The highest BCUT2D eigenvalue weighted by Gasteiger charge is 2.34. The van der Waals surface area contributed by atoms with E-state index in [1.807, 2.05) is 41.3 Å². The summed E-state index contributed by atoms with van der Waals surface area (Å²) in [6.07, 6.45) is 3.57. The number of aromatic amines is 2. The van der Waals surface area contributed by atoms with Crippen LogP contribution in [0.15, 0.2) is 54.7 Å². The Morgan fingerprint density at radius 1 is 1.18 bits per heavy atom. The van der Waals surface area contributed by atoms with Crippen LogP contribution < -0.4 is 0 Å². The zero-order chi connectivity index (χ0) is 19.1. The Morgan fingerprint density at radius 2 is 2.04 bits per heavy atom. The van der Waals surface area contributed by atoms with Crippen LogP contribution >= 0.6 is 0 Å². The molecular formula is C22H21N5O. The van der Waals surface area contributed by atoms with Crippen LogP contribution in [-0.2, 0) is 0 Å². The molecule has 1 fully saturated rings. The van der Waals surface area contributed by atoms with E-state index < -0.39 is 0 Å². The Hall–Kier alpha value is -3.41. The van der Waals surface area contributed by atoms with Crippen LogP contribution in [0.25, 0.3) is 22.3 Å². The molecule has 1 saturated heterocycles. The number of aromatic nitrogens is 4. The van der Waals surface area contributed by atoms with Crippen molar-refractivity contribution in [1.29, 1.82) is 0 Å². The highest BCUT2D eigenvalue weighted by molar-refractivity contribution is 6.00. The van der Waals surface area contributed by atoms with Crippen LogP contribution in [0.4, 0.5) is 0 Å². The van der Waals surface area contributed by atoms with E-state index in [1.54, 1.807) is 6.20 Å². The smallest absolute Gasteiger partial charge is 0.258 e. The molecule has 0 saturated carbocycles. The zero-order valence-corrected chi connectivity index (χ0v) is 15.6. The molecule has 140 valence electrons. The van der Waals surface area contributed by atoms with Gasteiger partial charge in [-0.1, -0.05) is 36.4 Å². The molecule has 2 aromatic heterocycles. The van der Waals surface area contributed by atoms with Crippen LogP contribution in [0.5, 0.6) is 0 Å². The van der Waals surface area contributed by atoms with E-state index in [9.17, 15) is 4.79 Å². The van der Waals surface area contributed by atoms with Crippen molar-refractivity contribution in [3.05, 3.63) is 71.7 Å². The Balaban J connectivity index is 1.49. The normalized spacial score (nSPS) is 16.8. The van der Waals surface area contributed by atoms with E-state index >= 15 is 0 Å². The number of likely N-dealkylation sites (tertiary alicyclic amines) is 1. The first-order chi connectivity index (χ1) is 13.7. The number of carbonyl (C=O) groups is 1. The highest BCUT2D eigenvalue weighted by Crippen LogP contribution is 2.34. The van der Waals surface area contributed by atoms with Crippen molar-refractivity contribution in [2.75, 3.05) is 6.54 Å². The summed E-state index contributed by atoms with van der Waals surface area (Å²) in [4.78, 5) is 23.5. The second-order valence-corrected chi connectivity index (χ2v) is 7.31. The first kappa shape index (κ1) is 16.7. The predicted octanol–water partition coefficient (Wildman–Crippen LogP) is 4.24. The molecule has 6 heteroatoms. The first-order valence-corrected chi connectivity index (χ1v) is 9.57. The van der Waals surface area contributed by atoms with Gasteiger partial charge in [-0.05, 0) is 37.5 Å². The summed E-state index contributed by atoms with van der Waals surface area (Å²) in [5.41, 5.74) is 5.37. The van der Waals surface area contributed by atoms with E-state index in [1.165, 1.54) is 5.56 Å². The molecule has 1 aliphatic rings. The number of H-pyrrole nitrogens is 2. The number of nitrogens with zero attached hydrogens (tertiary/aromatic N) is 3. The molecule has 2 aromatic carbocycles. The Morgan fingerprint density at radius 3 is 2.89 bits per heavy atom. The summed E-state index contributed by atoms with van der Waals surface area (Å²) in [5.74, 6) is 0.850. The first-order valence-electron chi connectivity index (χ1n) is 9.57. The molecule has 1 aliphatic heterocycles. The van der Waals surface area contributed by atoms with Crippen LogP contribution in [0, 0.1) is 6.92 Å². The molecule has 2 N–H and O–H groups in total. The third kappa shape index (κ3) is 2.78. The number of fused-ring (bicyclic) bond motifs is 1. The second kappa shape index (κ2) is 6.64. The van der Waals surface area contributed by atoms with Gasteiger partial charge in [0.15, 0.2) is 0 Å². The molecule has 0 aliphatic carbocycles. The number of hydrogen-bond donors (Lipinski definition) is 2. The van der Waals surface area contributed by atoms with Crippen molar-refractivity contribution in [2.24, 2.45) is 0 Å². The standard InChI is InChI=1S/C22H21N5O/c1-14-9-10-17-18(12-14)25-21(24-17)19-8-5-11-27(19)22(28)16-13-23-26-20(16)15-6-3-2-4-7-15/h2-4,6-7,9-10,12-13,19H,5,8,11H2,1H3,(H,23,26)(H,24,25). The minimum absolute atomic E-state index is 0.00765. The van der Waals surface area contributed by atoms with Crippen LogP contribution in [0.3, 0.4) is 0 Å². The minimum Gasteiger partial charge on any atom is -0.340 e. The average Bonchev–Trinajstić information content (AvgIpc) is 3.45. The number of imidazole rings is 1. The maximum absolute atomic E-state index is 13.4. The molecule has 1 atom stereocenters. The molecule has 0 radical (unpaired) electrons. The summed E-state index contributed by atoms with van der Waals surface area (Å²) in [5, 5.41) is 7.19. The van der Waals surface area contributed by atoms with Gasteiger partial charge in [0.25, 0.3) is 5.91 Å². The summed E-state index contributed by atoms with van der Waals surface area (Å²) >= 11 is 0. The Bertz CT molecular complexity index is 1140. The van der Waals surface area contributed by atoms with E-state index in [2.05, 4.69) is 34.2 Å². The predicted molar refractivity (Wildman–Crippen MR) is 108 cm³/mol. The second-order valence-electron chi connectivity index (χ2n) is 7.31. The molecular weight excluding hydrogens is 350 g/mol. The lowest BCUT2D eigenvalue weighted by Crippen LogP contribution is -2.31. The lowest BCUT2D eigenvalue weighted by molar-refractivity contribution is 0.0731. The molecule has 4 aromatic rings. The number of rotatable bonds is 3. The number of carbonyl (C=O) groups excluding carboxylic acids is 1. The maximum Gasteiger partial charge on any atom is 0.258 e. The lowest BCUT2D eigenvalue weighted by atomic mass is 10.1. The SMILES string of the molecule is Cc1ccc2nc(C3CCCN3C(=O)c3c[nH]nc3-c3ccccc3)[nH]c2c1. The van der Waals surface area contributed by atoms with Crippen molar-refractivity contribution in [3.8, 4) is 11.3 Å². The number of aryl methyl sites for hydroxylation is 1. The van der Waals surface area contributed by atoms with Gasteiger partial charge >= 0.3 is 0 Å². The third-order valence-electron chi connectivity index (χ3n) is 5.40. The number of nitrogens with one attached hydrogen (secondary N) is 2. The zero-order valence-electron chi connectivity index (χ0n) is 15.6. The van der Waals surface area contributed by atoms with Crippen molar-refractivity contribution < 1.29 is 4.79 Å². The fraction of sp³-hybridized carbons (Fsp3) is 0.227. The average molecular weight is 371 g/mol. The van der Waals surface area contributed by atoms with Gasteiger partial charge in [0.1, 0.15) is 11.5 Å². The van der Waals surface area contributed by atoms with Gasteiger partial charge in [-0.3, -0.25) is 9.89 Å². The largest absolute Gasteiger partial charge is 0.340 e. The summed E-state index contributed by atoms with van der Waals surface area (Å²) in [6.45, 7) is 2.79. The molecule has 1 amide bonds. The van der Waals surface area contributed by atoms with Gasteiger partial charge in [-0.25, -0.2) is 4.98 Å². The van der Waals surface area contributed by atoms with Gasteiger partial charge in [-0.15, -0.1) is 0 Å². The van der Waals surface area contributed by atoms with Crippen molar-refractivity contribution in [3.63, 3.8) is 0 Å². The van der Waals surface area contributed by atoms with Crippen LogP contribution in [-0.4, -0.2) is 37.5 Å². The number of amides is 1. The summed E-state index contributed by atoms with van der Waals surface area (Å²) in [7, 11) is 0. The van der Waals surface area contributed by atoms with Crippen molar-refractivity contribution in [2.45, 2.75) is 25.8 Å². The summed E-state index contributed by atoms with van der Waals surface area (Å²) in [6, 6.07) is 15.9. The van der Waals surface area contributed by atoms with Gasteiger partial charge in [0.05, 0.1) is 22.6 Å². The molecule has 5 rings (SSSR count). The van der Waals surface area contributed by atoms with Gasteiger partial charge < -0.3 is 9.88 Å². The van der Waals surface area contributed by atoms with E-state index in [4.69, 9.17) is 4.98 Å². The van der Waals surface area contributed by atoms with Gasteiger partial charge in [-0.2, -0.15) is 5.10 Å². The minimum atomic E-state index is -0.0428. The Labute approximate surface area is 162 Å². The fourth-order valence-corrected chi connectivity index (χ4v) is 4.02. The number of hydrogen-bond acceptors (Lipinski definition) is 3. The monoisotopic (exact) mass is 371 g/mol. The van der Waals surface area contributed by atoms with Crippen molar-refractivity contribution in [1.82, 2.24) is 25.1 Å². The summed E-state index contributed by atoms with van der Waals surface area (Å²) < 4.78 is 0. The van der Waals surface area contributed by atoms with Gasteiger partial charge in [0, 0.05) is 18.3 Å². The molecule has 6 nitrogen and oxygen atoms in total. The van der Waals surface area contributed by atoms with Crippen molar-refractivity contribution >= 4 is 16.9 Å². The van der Waals surface area contributed by atoms with E-state index in [-0.39, 0.29) is 11.9 Å². The van der Waals surface area contributed by atoms with Gasteiger partial charge in [0.2, 0.25) is 0 Å². The molecule has 3 heterocycles. The molecule has 28 heavy (non-hydrogen) atoms. The number of benzene rings is 2. The maximum atomic E-state index is 13.4.